The van der Waals surface area contributed by atoms with Crippen molar-refractivity contribution >= 4 is 11.2 Å². The zero-order chi connectivity index (χ0) is 14.3. The number of nitrogens with one attached hydrogen (secondary N) is 1. The molecule has 0 saturated heterocycles. The van der Waals surface area contributed by atoms with E-state index in [0.29, 0.717) is 5.65 Å². The average molecular weight is 268 g/mol. The van der Waals surface area contributed by atoms with E-state index in [0.717, 1.165) is 22.3 Å². The molecule has 20 heavy (non-hydrogen) atoms. The molecule has 3 heterocycles. The normalized spacial score (nSPS) is 11.4. The van der Waals surface area contributed by atoms with Gasteiger partial charge in [0.1, 0.15) is 0 Å². The summed E-state index contributed by atoms with van der Waals surface area (Å²) in [5.74, 6) is 0.271. The quantitative estimate of drug-likeness (QED) is 0.776. The van der Waals surface area contributed by atoms with Gasteiger partial charge in [0.25, 0.3) is 0 Å². The van der Waals surface area contributed by atoms with Crippen molar-refractivity contribution in [1.82, 2.24) is 19.5 Å². The second-order valence-electron chi connectivity index (χ2n) is 5.17. The summed E-state index contributed by atoms with van der Waals surface area (Å²) in [6.45, 7) is 4.20. The van der Waals surface area contributed by atoms with Gasteiger partial charge < -0.3 is 4.98 Å². The zero-order valence-corrected chi connectivity index (χ0v) is 11.7. The lowest BCUT2D eigenvalue weighted by molar-refractivity contribution is 0.816. The summed E-state index contributed by atoms with van der Waals surface area (Å²) >= 11 is 0. The molecule has 0 aliphatic rings. The first-order valence-electron chi connectivity index (χ1n) is 6.58. The van der Waals surface area contributed by atoms with Gasteiger partial charge in [-0.3, -0.25) is 9.55 Å². The van der Waals surface area contributed by atoms with Gasteiger partial charge in [-0.05, 0) is 29.7 Å². The van der Waals surface area contributed by atoms with Crippen molar-refractivity contribution in [2.75, 3.05) is 0 Å². The highest BCUT2D eigenvalue weighted by Crippen LogP contribution is 2.29. The average Bonchev–Trinajstić information content (AvgIpc) is 2.73. The minimum Gasteiger partial charge on any atom is -0.304 e. The molecule has 0 atom stereocenters. The fourth-order valence-corrected chi connectivity index (χ4v) is 2.36. The second-order valence-corrected chi connectivity index (χ2v) is 5.17. The molecule has 0 saturated carbocycles. The minimum absolute atomic E-state index is 0.144. The number of H-pyrrole nitrogens is 1. The third-order valence-electron chi connectivity index (χ3n) is 3.43. The number of aryl methyl sites for hydroxylation is 1. The monoisotopic (exact) mass is 268 g/mol. The molecule has 3 aromatic rings. The number of hydrogen-bond donors (Lipinski definition) is 1. The van der Waals surface area contributed by atoms with E-state index in [4.69, 9.17) is 0 Å². The van der Waals surface area contributed by atoms with E-state index in [1.165, 1.54) is 4.57 Å². The molecule has 0 aliphatic carbocycles. The van der Waals surface area contributed by atoms with E-state index in [9.17, 15) is 4.79 Å². The van der Waals surface area contributed by atoms with Crippen LogP contribution in [0.2, 0.25) is 0 Å². The van der Waals surface area contributed by atoms with Crippen LogP contribution in [0.25, 0.3) is 22.3 Å². The van der Waals surface area contributed by atoms with Crippen molar-refractivity contribution in [3.05, 3.63) is 46.8 Å². The number of nitrogens with zero attached hydrogens (tertiary/aromatic N) is 3. The molecular weight excluding hydrogens is 252 g/mol. The van der Waals surface area contributed by atoms with Crippen molar-refractivity contribution in [3.8, 4) is 11.1 Å². The number of imidazole rings is 1. The molecule has 1 N–H and O–H groups in total. The van der Waals surface area contributed by atoms with Crippen LogP contribution in [0.1, 0.15) is 25.5 Å². The number of hydrogen-bond acceptors (Lipinski definition) is 3. The molecule has 5 nitrogen and oxygen atoms in total. The number of aromatic amines is 1. The molecule has 0 spiro atoms. The Morgan fingerprint density at radius 2 is 1.95 bits per heavy atom. The van der Waals surface area contributed by atoms with E-state index in [1.807, 2.05) is 18.2 Å². The van der Waals surface area contributed by atoms with Crippen molar-refractivity contribution in [2.45, 2.75) is 19.8 Å². The summed E-state index contributed by atoms with van der Waals surface area (Å²) in [6.07, 6.45) is 3.52. The highest BCUT2D eigenvalue weighted by atomic mass is 16.1. The Morgan fingerprint density at radius 3 is 2.60 bits per heavy atom. The fourth-order valence-electron chi connectivity index (χ4n) is 2.36. The van der Waals surface area contributed by atoms with E-state index in [-0.39, 0.29) is 11.6 Å². The maximum atomic E-state index is 11.7. The predicted molar refractivity (Wildman–Crippen MR) is 78.7 cm³/mol. The van der Waals surface area contributed by atoms with Crippen molar-refractivity contribution in [3.63, 3.8) is 0 Å². The first-order chi connectivity index (χ1) is 9.58. The first-order valence-corrected chi connectivity index (χ1v) is 6.58. The van der Waals surface area contributed by atoms with Crippen LogP contribution in [0.15, 0.2) is 35.4 Å². The van der Waals surface area contributed by atoms with Crippen LogP contribution in [0.4, 0.5) is 0 Å². The van der Waals surface area contributed by atoms with Crippen LogP contribution in [0.5, 0.6) is 0 Å². The molecule has 0 unspecified atom stereocenters. The van der Waals surface area contributed by atoms with Gasteiger partial charge in [0.15, 0.2) is 5.65 Å². The minimum atomic E-state index is -0.144. The lowest BCUT2D eigenvalue weighted by Crippen LogP contribution is -2.12. The summed E-state index contributed by atoms with van der Waals surface area (Å²) in [7, 11) is 1.73. The highest BCUT2D eigenvalue weighted by Gasteiger charge is 2.15. The number of aromatic nitrogens is 4. The van der Waals surface area contributed by atoms with Gasteiger partial charge in [0, 0.05) is 25.0 Å². The van der Waals surface area contributed by atoms with E-state index in [2.05, 4.69) is 28.8 Å². The van der Waals surface area contributed by atoms with Gasteiger partial charge >= 0.3 is 5.69 Å². The largest absolute Gasteiger partial charge is 0.327 e. The van der Waals surface area contributed by atoms with Gasteiger partial charge in [0.05, 0.1) is 11.2 Å². The zero-order valence-electron chi connectivity index (χ0n) is 11.7. The lowest BCUT2D eigenvalue weighted by Gasteiger charge is -2.12. The number of rotatable bonds is 2. The predicted octanol–water partition coefficient (Wildman–Crippen LogP) is 2.45. The van der Waals surface area contributed by atoms with Crippen LogP contribution in [0, 0.1) is 0 Å². The highest BCUT2D eigenvalue weighted by molar-refractivity contribution is 5.80. The topological polar surface area (TPSA) is 63.6 Å². The maximum absolute atomic E-state index is 11.7. The summed E-state index contributed by atoms with van der Waals surface area (Å²) in [6, 6.07) is 5.90. The molecule has 3 rings (SSSR count). The molecule has 3 aromatic heterocycles. The first kappa shape index (κ1) is 12.6. The van der Waals surface area contributed by atoms with Gasteiger partial charge in [-0.1, -0.05) is 13.8 Å². The fraction of sp³-hybridized carbons (Fsp3) is 0.267. The molecule has 5 heteroatoms. The molecule has 0 amide bonds. The van der Waals surface area contributed by atoms with Gasteiger partial charge in [-0.25, -0.2) is 9.78 Å². The Hall–Kier alpha value is -2.43. The third kappa shape index (κ3) is 1.91. The standard InChI is InChI=1S/C15H16N4O/c1-9(2)13-11(10-4-6-16-7-5-10)8-12-14(18-13)19(3)15(20)17-12/h4-9H,1-3H3,(H,17,20). The van der Waals surface area contributed by atoms with Crippen LogP contribution >= 0.6 is 0 Å². The second kappa shape index (κ2) is 4.59. The summed E-state index contributed by atoms with van der Waals surface area (Å²) < 4.78 is 1.54. The van der Waals surface area contributed by atoms with Crippen LogP contribution < -0.4 is 5.69 Å². The molecule has 0 aromatic carbocycles. The Bertz CT molecular complexity index is 815. The number of pyridine rings is 2. The van der Waals surface area contributed by atoms with Crippen molar-refractivity contribution < 1.29 is 0 Å². The summed E-state index contributed by atoms with van der Waals surface area (Å²) in [4.78, 5) is 23.3. The summed E-state index contributed by atoms with van der Waals surface area (Å²) in [5.41, 5.74) is 4.39. The smallest absolute Gasteiger partial charge is 0.304 e. The van der Waals surface area contributed by atoms with Crippen LogP contribution in [-0.4, -0.2) is 19.5 Å². The Kier molecular flexibility index (Phi) is 2.89. The molecule has 0 aliphatic heterocycles. The number of fused-ring (bicyclic) bond motifs is 1. The van der Waals surface area contributed by atoms with E-state index in [1.54, 1.807) is 19.4 Å². The Morgan fingerprint density at radius 1 is 1.25 bits per heavy atom. The molecule has 102 valence electrons. The van der Waals surface area contributed by atoms with Gasteiger partial charge in [-0.15, -0.1) is 0 Å². The van der Waals surface area contributed by atoms with Gasteiger partial charge in [0.2, 0.25) is 0 Å². The summed E-state index contributed by atoms with van der Waals surface area (Å²) in [5, 5.41) is 0. The molecule has 0 radical (unpaired) electrons. The van der Waals surface area contributed by atoms with Crippen LogP contribution in [-0.2, 0) is 7.05 Å². The van der Waals surface area contributed by atoms with Crippen LogP contribution in [0.3, 0.4) is 0 Å². The Balaban J connectivity index is 2.35. The van der Waals surface area contributed by atoms with Crippen molar-refractivity contribution in [2.24, 2.45) is 7.05 Å². The Labute approximate surface area is 116 Å². The van der Waals surface area contributed by atoms with E-state index >= 15 is 0 Å². The third-order valence-corrected chi connectivity index (χ3v) is 3.43. The SMILES string of the molecule is CC(C)c1nc2c(cc1-c1ccncc1)[nH]c(=O)n2C. The molecular formula is C15H16N4O. The van der Waals surface area contributed by atoms with Crippen molar-refractivity contribution in [1.29, 1.82) is 0 Å². The van der Waals surface area contributed by atoms with E-state index < -0.39 is 0 Å². The van der Waals surface area contributed by atoms with Gasteiger partial charge in [-0.2, -0.15) is 0 Å². The molecule has 0 bridgehead atoms. The molecule has 0 fully saturated rings. The maximum Gasteiger partial charge on any atom is 0.327 e. The lowest BCUT2D eigenvalue weighted by atomic mass is 9.98.